The van der Waals surface area contributed by atoms with Crippen LogP contribution in [0.3, 0.4) is 0 Å². The van der Waals surface area contributed by atoms with Gasteiger partial charge in [0.2, 0.25) is 0 Å². The van der Waals surface area contributed by atoms with Crippen LogP contribution < -0.4 is 0 Å². The highest BCUT2D eigenvalue weighted by atomic mass is 32.1. The summed E-state index contributed by atoms with van der Waals surface area (Å²) in [5, 5.41) is 1.21. The molecule has 0 amide bonds. The molecule has 23 heavy (non-hydrogen) atoms. The first-order valence-corrected chi connectivity index (χ1v) is 9.58. The van der Waals surface area contributed by atoms with Crippen molar-refractivity contribution in [3.63, 3.8) is 0 Å². The van der Waals surface area contributed by atoms with Crippen molar-refractivity contribution in [2.75, 3.05) is 6.54 Å². The molecule has 2 aliphatic rings. The number of hydrogen-bond acceptors (Lipinski definition) is 5. The Balaban J connectivity index is 1.45. The number of thiazole rings is 1. The molecule has 5 heteroatoms. The normalized spacial score (nSPS) is 19.7. The lowest BCUT2D eigenvalue weighted by Gasteiger charge is -2.28. The summed E-state index contributed by atoms with van der Waals surface area (Å²) in [6.45, 7) is 5.10. The first-order chi connectivity index (χ1) is 11.3. The third kappa shape index (κ3) is 3.45. The largest absolute Gasteiger partial charge is 0.292 e. The van der Waals surface area contributed by atoms with E-state index in [4.69, 9.17) is 9.97 Å². The van der Waals surface area contributed by atoms with E-state index in [0.29, 0.717) is 5.92 Å². The summed E-state index contributed by atoms with van der Waals surface area (Å²) in [6, 6.07) is 0. The topological polar surface area (TPSA) is 41.9 Å². The highest BCUT2D eigenvalue weighted by molar-refractivity contribution is 7.11. The van der Waals surface area contributed by atoms with Gasteiger partial charge in [-0.3, -0.25) is 4.90 Å². The number of hydrogen-bond donors (Lipinski definition) is 0. The number of aryl methyl sites for hydroxylation is 1. The zero-order chi connectivity index (χ0) is 15.6. The lowest BCUT2D eigenvalue weighted by Crippen LogP contribution is -2.31. The van der Waals surface area contributed by atoms with Gasteiger partial charge in [-0.15, -0.1) is 11.3 Å². The van der Waals surface area contributed by atoms with Crippen LogP contribution in [0.2, 0.25) is 0 Å². The molecule has 1 saturated carbocycles. The van der Waals surface area contributed by atoms with Gasteiger partial charge in [0.15, 0.2) is 0 Å². The summed E-state index contributed by atoms with van der Waals surface area (Å²) in [5.41, 5.74) is 2.59. The SMILES string of the molecule is Cc1cnc(CN2CCc3nc(C4CCCCC4)ncc3C2)s1. The maximum absolute atomic E-state index is 4.93. The second kappa shape index (κ2) is 6.65. The maximum atomic E-state index is 4.93. The molecule has 4 rings (SSSR count). The van der Waals surface area contributed by atoms with Gasteiger partial charge in [0.05, 0.1) is 6.54 Å². The predicted octanol–water partition coefficient (Wildman–Crippen LogP) is 3.85. The van der Waals surface area contributed by atoms with Crippen molar-refractivity contribution in [3.8, 4) is 0 Å². The maximum Gasteiger partial charge on any atom is 0.131 e. The fourth-order valence-electron chi connectivity index (χ4n) is 3.75. The van der Waals surface area contributed by atoms with Gasteiger partial charge >= 0.3 is 0 Å². The number of aromatic nitrogens is 3. The predicted molar refractivity (Wildman–Crippen MR) is 92.5 cm³/mol. The smallest absolute Gasteiger partial charge is 0.131 e. The molecule has 0 unspecified atom stereocenters. The van der Waals surface area contributed by atoms with Gasteiger partial charge in [0.25, 0.3) is 0 Å². The molecular weight excluding hydrogens is 304 g/mol. The molecule has 122 valence electrons. The molecule has 1 aliphatic carbocycles. The Labute approximate surface area is 142 Å². The van der Waals surface area contributed by atoms with Crippen LogP contribution in [0.15, 0.2) is 12.4 Å². The Morgan fingerprint density at radius 3 is 2.83 bits per heavy atom. The van der Waals surface area contributed by atoms with Crippen molar-refractivity contribution in [3.05, 3.63) is 39.4 Å². The van der Waals surface area contributed by atoms with Gasteiger partial charge in [-0.05, 0) is 19.8 Å². The van der Waals surface area contributed by atoms with Crippen LogP contribution in [0.5, 0.6) is 0 Å². The van der Waals surface area contributed by atoms with Crippen LogP contribution in [0.1, 0.15) is 65.0 Å². The molecule has 0 aromatic carbocycles. The third-order valence-electron chi connectivity index (χ3n) is 5.03. The van der Waals surface area contributed by atoms with Gasteiger partial charge in [-0.25, -0.2) is 15.0 Å². The molecule has 4 nitrogen and oxygen atoms in total. The average molecular weight is 328 g/mol. The van der Waals surface area contributed by atoms with E-state index < -0.39 is 0 Å². The van der Waals surface area contributed by atoms with E-state index in [1.807, 2.05) is 6.20 Å². The van der Waals surface area contributed by atoms with Crippen molar-refractivity contribution < 1.29 is 0 Å². The van der Waals surface area contributed by atoms with Gasteiger partial charge in [0.1, 0.15) is 10.8 Å². The second-order valence-corrected chi connectivity index (χ2v) is 8.18. The van der Waals surface area contributed by atoms with E-state index in [9.17, 15) is 0 Å². The number of nitrogens with zero attached hydrogens (tertiary/aromatic N) is 4. The molecule has 2 aromatic heterocycles. The quantitative estimate of drug-likeness (QED) is 0.858. The third-order valence-corrected chi connectivity index (χ3v) is 5.93. The highest BCUT2D eigenvalue weighted by Gasteiger charge is 2.23. The minimum atomic E-state index is 0.602. The summed E-state index contributed by atoms with van der Waals surface area (Å²) in [5.74, 6) is 1.71. The van der Waals surface area contributed by atoms with E-state index in [1.54, 1.807) is 11.3 Å². The standard InChI is InChI=1S/C18H24N4S/c1-13-9-19-17(23-13)12-22-8-7-16-15(11-22)10-20-18(21-16)14-5-3-2-4-6-14/h9-10,14H,2-8,11-12H2,1H3. The van der Waals surface area contributed by atoms with E-state index in [2.05, 4.69) is 23.0 Å². The molecule has 0 N–H and O–H groups in total. The van der Waals surface area contributed by atoms with Gasteiger partial charge < -0.3 is 0 Å². The monoisotopic (exact) mass is 328 g/mol. The molecule has 3 heterocycles. The van der Waals surface area contributed by atoms with E-state index in [1.165, 1.54) is 53.2 Å². The molecule has 0 radical (unpaired) electrons. The Morgan fingerprint density at radius 1 is 1.17 bits per heavy atom. The Hall–Kier alpha value is -1.33. The Morgan fingerprint density at radius 2 is 2.04 bits per heavy atom. The van der Waals surface area contributed by atoms with Crippen LogP contribution in [0, 0.1) is 6.92 Å². The lowest BCUT2D eigenvalue weighted by molar-refractivity contribution is 0.242. The minimum Gasteiger partial charge on any atom is -0.292 e. The summed E-state index contributed by atoms with van der Waals surface area (Å²) in [4.78, 5) is 17.9. The summed E-state index contributed by atoms with van der Waals surface area (Å²) in [6.07, 6.45) is 11.7. The molecule has 0 spiro atoms. The summed E-state index contributed by atoms with van der Waals surface area (Å²) >= 11 is 1.80. The zero-order valence-electron chi connectivity index (χ0n) is 13.8. The fraction of sp³-hybridized carbons (Fsp3) is 0.611. The highest BCUT2D eigenvalue weighted by Crippen LogP contribution is 2.31. The molecule has 1 aliphatic heterocycles. The van der Waals surface area contributed by atoms with Crippen LogP contribution in [0.25, 0.3) is 0 Å². The summed E-state index contributed by atoms with van der Waals surface area (Å²) in [7, 11) is 0. The van der Waals surface area contributed by atoms with E-state index in [0.717, 1.165) is 31.9 Å². The van der Waals surface area contributed by atoms with Gasteiger partial charge in [-0.2, -0.15) is 0 Å². The lowest BCUT2D eigenvalue weighted by atomic mass is 9.88. The summed E-state index contributed by atoms with van der Waals surface area (Å²) < 4.78 is 0. The molecule has 1 fully saturated rings. The van der Waals surface area contributed by atoms with E-state index >= 15 is 0 Å². The molecule has 0 atom stereocenters. The van der Waals surface area contributed by atoms with E-state index in [-0.39, 0.29) is 0 Å². The first kappa shape index (κ1) is 15.2. The Kier molecular flexibility index (Phi) is 4.40. The van der Waals surface area contributed by atoms with Gasteiger partial charge in [-0.1, -0.05) is 19.3 Å². The molecule has 0 saturated heterocycles. The second-order valence-electron chi connectivity index (χ2n) is 6.86. The van der Waals surface area contributed by atoms with Crippen molar-refractivity contribution in [2.45, 2.75) is 64.5 Å². The fourth-order valence-corrected chi connectivity index (χ4v) is 4.58. The van der Waals surface area contributed by atoms with Crippen molar-refractivity contribution in [2.24, 2.45) is 0 Å². The van der Waals surface area contributed by atoms with Crippen LogP contribution in [0.4, 0.5) is 0 Å². The molecular formula is C18H24N4S. The Bertz CT molecular complexity index is 675. The molecule has 0 bridgehead atoms. The first-order valence-electron chi connectivity index (χ1n) is 8.76. The zero-order valence-corrected chi connectivity index (χ0v) is 14.6. The van der Waals surface area contributed by atoms with Crippen molar-refractivity contribution in [1.29, 1.82) is 0 Å². The van der Waals surface area contributed by atoms with Crippen LogP contribution in [-0.4, -0.2) is 26.4 Å². The number of fused-ring (bicyclic) bond motifs is 1. The van der Waals surface area contributed by atoms with Crippen molar-refractivity contribution >= 4 is 11.3 Å². The molecule has 2 aromatic rings. The van der Waals surface area contributed by atoms with Crippen molar-refractivity contribution in [1.82, 2.24) is 19.9 Å². The van der Waals surface area contributed by atoms with Gasteiger partial charge in [0, 0.05) is 54.0 Å². The minimum absolute atomic E-state index is 0.602. The number of rotatable bonds is 3. The van der Waals surface area contributed by atoms with Crippen LogP contribution >= 0.6 is 11.3 Å². The average Bonchev–Trinajstić information content (AvgIpc) is 3.00. The van der Waals surface area contributed by atoms with Crippen LogP contribution in [-0.2, 0) is 19.5 Å².